The zero-order chi connectivity index (χ0) is 13.5. The van der Waals surface area contributed by atoms with Crippen LogP contribution in [0.3, 0.4) is 0 Å². The lowest BCUT2D eigenvalue weighted by atomic mass is 10.3. The average Bonchev–Trinajstić information content (AvgIpc) is 2.31. The fraction of sp³-hybridized carbons (Fsp3) is 0.636. The molecule has 0 saturated carbocycles. The monoisotopic (exact) mass is 256 g/mol. The number of hydrogen-bond donors (Lipinski definition) is 3. The number of rotatable bonds is 7. The van der Waals surface area contributed by atoms with E-state index in [1.807, 2.05) is 13.8 Å². The Balaban J connectivity index is 2.99. The Hall–Kier alpha value is -1.60. The van der Waals surface area contributed by atoms with Gasteiger partial charge in [-0.15, -0.1) is 0 Å². The van der Waals surface area contributed by atoms with Crippen molar-refractivity contribution in [2.45, 2.75) is 20.0 Å². The molecule has 0 aliphatic rings. The molecule has 1 heterocycles. The maximum absolute atomic E-state index is 8.99. The molecule has 0 amide bonds. The van der Waals surface area contributed by atoms with E-state index in [9.17, 15) is 0 Å². The molecule has 1 aromatic heterocycles. The molecule has 0 aliphatic carbocycles. The maximum atomic E-state index is 8.99. The van der Waals surface area contributed by atoms with E-state index in [0.29, 0.717) is 30.5 Å². The molecule has 4 N–H and O–H groups in total. The van der Waals surface area contributed by atoms with Crippen molar-refractivity contribution in [3.63, 3.8) is 0 Å². The van der Waals surface area contributed by atoms with Crippen molar-refractivity contribution in [2.24, 2.45) is 0 Å². The minimum absolute atomic E-state index is 0.0424. The topological polar surface area (TPSA) is 105 Å². The van der Waals surface area contributed by atoms with Crippen LogP contribution < -0.4 is 15.4 Å². The first-order valence-corrected chi connectivity index (χ1v) is 5.84. The number of aliphatic hydroxyl groups excluding tert-OH is 2. The minimum atomic E-state index is -0.0518. The molecule has 0 aliphatic heterocycles. The van der Waals surface area contributed by atoms with E-state index in [-0.39, 0.29) is 19.3 Å². The Morgan fingerprint density at radius 2 is 1.89 bits per heavy atom. The van der Waals surface area contributed by atoms with E-state index in [1.165, 1.54) is 6.33 Å². The smallest absolute Gasteiger partial charge is 0.242 e. The van der Waals surface area contributed by atoms with Gasteiger partial charge in [0.2, 0.25) is 5.88 Å². The average molecular weight is 256 g/mol. The van der Waals surface area contributed by atoms with Gasteiger partial charge in [0.05, 0.1) is 19.3 Å². The summed E-state index contributed by atoms with van der Waals surface area (Å²) in [4.78, 5) is 9.73. The van der Waals surface area contributed by atoms with Crippen LogP contribution in [0.4, 0.5) is 11.5 Å². The van der Waals surface area contributed by atoms with Crippen LogP contribution in [0, 0.1) is 0 Å². The lowest BCUT2D eigenvalue weighted by molar-refractivity contribution is 0.233. The number of nitrogens with two attached hydrogens (primary N) is 1. The molecule has 0 bridgehead atoms. The van der Waals surface area contributed by atoms with Gasteiger partial charge >= 0.3 is 0 Å². The Morgan fingerprint density at radius 1 is 1.28 bits per heavy atom. The summed E-state index contributed by atoms with van der Waals surface area (Å²) in [6.07, 6.45) is 1.31. The van der Waals surface area contributed by atoms with Crippen LogP contribution in [0.5, 0.6) is 5.88 Å². The minimum Gasteiger partial charge on any atom is -0.473 e. The van der Waals surface area contributed by atoms with Gasteiger partial charge in [0.15, 0.2) is 5.82 Å². The molecular formula is C11H20N4O3. The standard InChI is InChI=1S/C11H20N4O3/c1-8(2)18-11-9(12)10(13-7-14-11)15(3-5-16)4-6-17/h7-8,16-17H,3-6,12H2,1-2H3. The maximum Gasteiger partial charge on any atom is 0.242 e. The summed E-state index contributed by atoms with van der Waals surface area (Å²) in [6, 6.07) is 0. The number of aromatic nitrogens is 2. The Kier molecular flexibility index (Phi) is 5.60. The number of hydrogen-bond acceptors (Lipinski definition) is 7. The van der Waals surface area contributed by atoms with Crippen LogP contribution in [0.1, 0.15) is 13.8 Å². The Labute approximate surface area is 106 Å². The molecule has 7 nitrogen and oxygen atoms in total. The van der Waals surface area contributed by atoms with Gasteiger partial charge in [-0.25, -0.2) is 4.98 Å². The SMILES string of the molecule is CC(C)Oc1ncnc(N(CCO)CCO)c1N. The highest BCUT2D eigenvalue weighted by Gasteiger charge is 2.16. The number of nitrogen functional groups attached to an aromatic ring is 1. The van der Waals surface area contributed by atoms with Gasteiger partial charge in [-0.3, -0.25) is 0 Å². The zero-order valence-corrected chi connectivity index (χ0v) is 10.7. The van der Waals surface area contributed by atoms with Crippen molar-refractivity contribution < 1.29 is 14.9 Å². The second kappa shape index (κ2) is 6.97. The third-order valence-corrected chi connectivity index (χ3v) is 2.21. The normalized spacial score (nSPS) is 10.7. The molecule has 102 valence electrons. The van der Waals surface area contributed by atoms with E-state index in [1.54, 1.807) is 4.90 Å². The Morgan fingerprint density at radius 3 is 2.39 bits per heavy atom. The number of aliphatic hydroxyl groups is 2. The van der Waals surface area contributed by atoms with Crippen LogP contribution in [0.25, 0.3) is 0 Å². The van der Waals surface area contributed by atoms with Crippen LogP contribution in [-0.2, 0) is 0 Å². The van der Waals surface area contributed by atoms with Gasteiger partial charge in [-0.2, -0.15) is 4.98 Å². The largest absolute Gasteiger partial charge is 0.473 e. The molecule has 18 heavy (non-hydrogen) atoms. The van der Waals surface area contributed by atoms with Gasteiger partial charge in [0, 0.05) is 13.1 Å². The molecule has 0 radical (unpaired) electrons. The van der Waals surface area contributed by atoms with Gasteiger partial charge < -0.3 is 25.6 Å². The quantitative estimate of drug-likeness (QED) is 0.611. The predicted octanol–water partition coefficient (Wildman–Crippen LogP) is -0.363. The first-order valence-electron chi connectivity index (χ1n) is 5.84. The molecule has 0 unspecified atom stereocenters. The predicted molar refractivity (Wildman–Crippen MR) is 68.6 cm³/mol. The highest BCUT2D eigenvalue weighted by molar-refractivity contribution is 5.67. The summed E-state index contributed by atoms with van der Waals surface area (Å²) >= 11 is 0. The molecule has 0 atom stereocenters. The third-order valence-electron chi connectivity index (χ3n) is 2.21. The van der Waals surface area contributed by atoms with Crippen molar-refractivity contribution in [1.29, 1.82) is 0 Å². The van der Waals surface area contributed by atoms with Crippen molar-refractivity contribution in [3.8, 4) is 5.88 Å². The summed E-state index contributed by atoms with van der Waals surface area (Å²) in [5, 5.41) is 18.0. The van der Waals surface area contributed by atoms with Crippen molar-refractivity contribution >= 4 is 11.5 Å². The summed E-state index contributed by atoms with van der Waals surface area (Å²) in [7, 11) is 0. The van der Waals surface area contributed by atoms with Crippen molar-refractivity contribution in [1.82, 2.24) is 9.97 Å². The zero-order valence-electron chi connectivity index (χ0n) is 10.7. The first-order chi connectivity index (χ1) is 8.60. The van der Waals surface area contributed by atoms with Crippen molar-refractivity contribution in [3.05, 3.63) is 6.33 Å². The van der Waals surface area contributed by atoms with Crippen LogP contribution in [0.15, 0.2) is 6.33 Å². The highest BCUT2D eigenvalue weighted by atomic mass is 16.5. The summed E-state index contributed by atoms with van der Waals surface area (Å²) in [5.41, 5.74) is 6.25. The second-order valence-corrected chi connectivity index (χ2v) is 4.02. The van der Waals surface area contributed by atoms with Gasteiger partial charge in [0.1, 0.15) is 12.0 Å². The molecule has 7 heteroatoms. The third kappa shape index (κ3) is 3.71. The molecule has 0 fully saturated rings. The van der Waals surface area contributed by atoms with E-state index < -0.39 is 0 Å². The van der Waals surface area contributed by atoms with Gasteiger partial charge in [0.25, 0.3) is 0 Å². The Bertz CT molecular complexity index is 367. The van der Waals surface area contributed by atoms with Crippen LogP contribution >= 0.6 is 0 Å². The molecule has 0 aromatic carbocycles. The molecule has 0 spiro atoms. The van der Waals surface area contributed by atoms with Gasteiger partial charge in [-0.05, 0) is 13.8 Å². The summed E-state index contributed by atoms with van der Waals surface area (Å²) in [5.74, 6) is 0.777. The number of anilines is 2. The van der Waals surface area contributed by atoms with E-state index in [4.69, 9.17) is 20.7 Å². The fourth-order valence-electron chi connectivity index (χ4n) is 1.50. The van der Waals surface area contributed by atoms with E-state index in [2.05, 4.69) is 9.97 Å². The van der Waals surface area contributed by atoms with Crippen molar-refractivity contribution in [2.75, 3.05) is 36.9 Å². The fourth-order valence-corrected chi connectivity index (χ4v) is 1.50. The summed E-state index contributed by atoms with van der Waals surface area (Å²) < 4.78 is 5.46. The van der Waals surface area contributed by atoms with E-state index in [0.717, 1.165) is 0 Å². The van der Waals surface area contributed by atoms with Crippen LogP contribution in [-0.4, -0.2) is 52.6 Å². The van der Waals surface area contributed by atoms with E-state index >= 15 is 0 Å². The number of ether oxygens (including phenoxy) is 1. The van der Waals surface area contributed by atoms with Gasteiger partial charge in [-0.1, -0.05) is 0 Å². The highest BCUT2D eigenvalue weighted by Crippen LogP contribution is 2.28. The lowest BCUT2D eigenvalue weighted by Crippen LogP contribution is -2.31. The molecule has 0 saturated heterocycles. The first kappa shape index (κ1) is 14.5. The van der Waals surface area contributed by atoms with Crippen LogP contribution in [0.2, 0.25) is 0 Å². The molecule has 1 aromatic rings. The molecule has 1 rings (SSSR count). The molecular weight excluding hydrogens is 236 g/mol. The second-order valence-electron chi connectivity index (χ2n) is 4.02. The summed E-state index contributed by atoms with van der Waals surface area (Å²) in [6.45, 7) is 4.32. The number of nitrogens with zero attached hydrogens (tertiary/aromatic N) is 3. The lowest BCUT2D eigenvalue weighted by Gasteiger charge is -2.23.